The molecule has 7 heteroatoms. The van der Waals surface area contributed by atoms with Crippen LogP contribution in [0.4, 0.5) is 5.95 Å². The lowest BCUT2D eigenvalue weighted by Gasteiger charge is -2.23. The molecule has 5 rings (SSSR count). The van der Waals surface area contributed by atoms with Crippen molar-refractivity contribution in [3.63, 3.8) is 0 Å². The molecule has 0 fully saturated rings. The first kappa shape index (κ1) is 12.7. The molecular weight excluding hydrogens is 312 g/mol. The van der Waals surface area contributed by atoms with Crippen LogP contribution < -0.4 is 14.8 Å². The number of hydrogen-bond donors (Lipinski definition) is 1. The zero-order valence-electron chi connectivity index (χ0n) is 12.0. The maximum Gasteiger partial charge on any atom is 0.231 e. The number of fused-ring (bicyclic) bond motifs is 2. The van der Waals surface area contributed by atoms with Crippen molar-refractivity contribution >= 4 is 23.0 Å². The Kier molecular flexibility index (Phi) is 2.68. The molecule has 0 saturated carbocycles. The lowest BCUT2D eigenvalue weighted by molar-refractivity contribution is 0.174. The van der Waals surface area contributed by atoms with Gasteiger partial charge < -0.3 is 14.8 Å². The van der Waals surface area contributed by atoms with Crippen LogP contribution in [-0.4, -0.2) is 21.6 Å². The highest BCUT2D eigenvalue weighted by Crippen LogP contribution is 2.38. The molecule has 0 amide bonds. The second-order valence-corrected chi connectivity index (χ2v) is 6.22. The van der Waals surface area contributed by atoms with Crippen LogP contribution in [0.25, 0.3) is 5.70 Å². The lowest BCUT2D eigenvalue weighted by atomic mass is 10.0. The van der Waals surface area contributed by atoms with Gasteiger partial charge in [-0.25, -0.2) is 4.68 Å². The van der Waals surface area contributed by atoms with E-state index in [0.29, 0.717) is 0 Å². The second-order valence-electron chi connectivity index (χ2n) is 5.27. The van der Waals surface area contributed by atoms with E-state index < -0.39 is 0 Å². The zero-order chi connectivity index (χ0) is 15.2. The molecule has 2 aromatic heterocycles. The van der Waals surface area contributed by atoms with E-state index in [1.54, 1.807) is 17.7 Å². The van der Waals surface area contributed by atoms with Gasteiger partial charge in [-0.2, -0.15) is 10.1 Å². The highest BCUT2D eigenvalue weighted by molar-refractivity contribution is 7.11. The predicted molar refractivity (Wildman–Crippen MR) is 86.6 cm³/mol. The molecule has 3 aromatic rings. The highest BCUT2D eigenvalue weighted by Gasteiger charge is 2.25. The number of allylic oxidation sites excluding steroid dienone is 1. The molecule has 1 aromatic carbocycles. The van der Waals surface area contributed by atoms with Gasteiger partial charge in [-0.15, -0.1) is 11.3 Å². The molecule has 2 aliphatic rings. The van der Waals surface area contributed by atoms with Crippen LogP contribution in [0.15, 0.2) is 48.1 Å². The van der Waals surface area contributed by atoms with Crippen molar-refractivity contribution in [2.45, 2.75) is 6.04 Å². The molecule has 0 saturated heterocycles. The fourth-order valence-electron chi connectivity index (χ4n) is 2.84. The van der Waals surface area contributed by atoms with Gasteiger partial charge in [0.1, 0.15) is 12.4 Å². The Hall–Kier alpha value is -2.80. The van der Waals surface area contributed by atoms with Gasteiger partial charge in [0.05, 0.1) is 10.6 Å². The number of aromatic nitrogens is 3. The Labute approximate surface area is 136 Å². The van der Waals surface area contributed by atoms with Crippen molar-refractivity contribution < 1.29 is 9.47 Å². The van der Waals surface area contributed by atoms with Gasteiger partial charge in [0, 0.05) is 0 Å². The molecular formula is C16H12N4O2S. The summed E-state index contributed by atoms with van der Waals surface area (Å²) in [5.41, 5.74) is 2.12. The fourth-order valence-corrected chi connectivity index (χ4v) is 3.55. The number of benzene rings is 1. The predicted octanol–water partition coefficient (Wildman–Crippen LogP) is 3.12. The minimum atomic E-state index is -0.0413. The third kappa shape index (κ3) is 2.01. The Morgan fingerprint density at radius 1 is 1.22 bits per heavy atom. The minimum absolute atomic E-state index is 0.0413. The van der Waals surface area contributed by atoms with Gasteiger partial charge in [-0.1, -0.05) is 12.1 Å². The van der Waals surface area contributed by atoms with Gasteiger partial charge in [0.25, 0.3) is 0 Å². The Balaban J connectivity index is 1.63. The number of thiophene rings is 1. The van der Waals surface area contributed by atoms with Crippen LogP contribution in [0.5, 0.6) is 11.5 Å². The van der Waals surface area contributed by atoms with Gasteiger partial charge in [-0.05, 0) is 35.2 Å². The summed E-state index contributed by atoms with van der Waals surface area (Å²) in [6, 6.07) is 10.1. The fraction of sp³-hybridized carbons (Fsp3) is 0.125. The topological polar surface area (TPSA) is 61.2 Å². The Morgan fingerprint density at radius 2 is 2.17 bits per heavy atom. The van der Waals surface area contributed by atoms with Crippen molar-refractivity contribution in [1.82, 2.24) is 14.8 Å². The summed E-state index contributed by atoms with van der Waals surface area (Å²) in [4.78, 5) is 5.48. The van der Waals surface area contributed by atoms with E-state index in [2.05, 4.69) is 32.9 Å². The summed E-state index contributed by atoms with van der Waals surface area (Å²) in [5.74, 6) is 2.29. The number of ether oxygens (including phenoxy) is 2. The monoisotopic (exact) mass is 324 g/mol. The molecule has 23 heavy (non-hydrogen) atoms. The summed E-state index contributed by atoms with van der Waals surface area (Å²) in [6.07, 6.45) is 3.72. The van der Waals surface area contributed by atoms with Crippen LogP contribution in [0.3, 0.4) is 0 Å². The first-order chi connectivity index (χ1) is 11.4. The Morgan fingerprint density at radius 3 is 3.09 bits per heavy atom. The van der Waals surface area contributed by atoms with Crippen molar-refractivity contribution in [3.8, 4) is 11.5 Å². The van der Waals surface area contributed by atoms with Crippen LogP contribution >= 0.6 is 11.3 Å². The standard InChI is InChI=1S/C16H12N4O2S/c1-2-15(23-5-1)11-7-12(20-16(19-11)17-8-18-20)10-3-4-13-14(6-10)22-9-21-13/h1-8,12H,9H2,(H,17,18,19)/t12-/m0/s1. The maximum absolute atomic E-state index is 5.50. The molecule has 0 unspecified atom stereocenters. The van der Waals surface area contributed by atoms with E-state index in [9.17, 15) is 0 Å². The van der Waals surface area contributed by atoms with Crippen molar-refractivity contribution in [3.05, 3.63) is 58.6 Å². The van der Waals surface area contributed by atoms with Crippen LogP contribution in [0.1, 0.15) is 16.5 Å². The number of nitrogens with one attached hydrogen (secondary N) is 1. The van der Waals surface area contributed by atoms with Gasteiger partial charge >= 0.3 is 0 Å². The molecule has 2 aliphatic heterocycles. The molecule has 0 spiro atoms. The molecule has 1 atom stereocenters. The number of hydrogen-bond acceptors (Lipinski definition) is 6. The summed E-state index contributed by atoms with van der Waals surface area (Å²) in [6.45, 7) is 0.274. The van der Waals surface area contributed by atoms with E-state index >= 15 is 0 Å². The first-order valence-corrected chi connectivity index (χ1v) is 8.08. The largest absolute Gasteiger partial charge is 0.454 e. The van der Waals surface area contributed by atoms with Crippen molar-refractivity contribution in [1.29, 1.82) is 0 Å². The van der Waals surface area contributed by atoms with Gasteiger partial charge in [-0.3, -0.25) is 0 Å². The van der Waals surface area contributed by atoms with Crippen molar-refractivity contribution in [2.75, 3.05) is 12.1 Å². The lowest BCUT2D eigenvalue weighted by Crippen LogP contribution is -2.19. The third-order valence-electron chi connectivity index (χ3n) is 3.93. The molecule has 6 nitrogen and oxygen atoms in total. The molecule has 0 radical (unpaired) electrons. The smallest absolute Gasteiger partial charge is 0.231 e. The number of rotatable bonds is 2. The van der Waals surface area contributed by atoms with Crippen LogP contribution in [-0.2, 0) is 0 Å². The summed E-state index contributed by atoms with van der Waals surface area (Å²) >= 11 is 1.69. The van der Waals surface area contributed by atoms with E-state index in [0.717, 1.165) is 28.7 Å². The highest BCUT2D eigenvalue weighted by atomic mass is 32.1. The van der Waals surface area contributed by atoms with E-state index in [1.807, 2.05) is 28.9 Å². The Bertz CT molecular complexity index is 901. The third-order valence-corrected chi connectivity index (χ3v) is 4.84. The second kappa shape index (κ2) is 4.85. The normalized spacial score (nSPS) is 18.3. The van der Waals surface area contributed by atoms with E-state index in [-0.39, 0.29) is 12.8 Å². The SMILES string of the molecule is C1=C(c2cccs2)Nc2ncnn2[C@@H]1c1ccc2c(c1)OCO2. The molecule has 1 N–H and O–H groups in total. The number of anilines is 1. The van der Waals surface area contributed by atoms with Gasteiger partial charge in [0.15, 0.2) is 11.5 Å². The number of nitrogens with zero attached hydrogens (tertiary/aromatic N) is 3. The minimum Gasteiger partial charge on any atom is -0.454 e. The van der Waals surface area contributed by atoms with Crippen LogP contribution in [0.2, 0.25) is 0 Å². The molecule has 0 bridgehead atoms. The van der Waals surface area contributed by atoms with Crippen LogP contribution in [0, 0.1) is 0 Å². The molecule has 114 valence electrons. The summed E-state index contributed by atoms with van der Waals surface area (Å²) in [7, 11) is 0. The van der Waals surface area contributed by atoms with E-state index in [4.69, 9.17) is 9.47 Å². The quantitative estimate of drug-likeness (QED) is 0.785. The summed E-state index contributed by atoms with van der Waals surface area (Å²) < 4.78 is 12.8. The van der Waals surface area contributed by atoms with Crippen molar-refractivity contribution in [2.24, 2.45) is 0 Å². The van der Waals surface area contributed by atoms with E-state index in [1.165, 1.54) is 4.88 Å². The maximum atomic E-state index is 5.50. The zero-order valence-corrected chi connectivity index (χ0v) is 12.8. The molecule has 0 aliphatic carbocycles. The average molecular weight is 324 g/mol. The molecule has 4 heterocycles. The first-order valence-electron chi connectivity index (χ1n) is 7.20. The average Bonchev–Trinajstić information content (AvgIpc) is 3.32. The van der Waals surface area contributed by atoms with Gasteiger partial charge in [0.2, 0.25) is 12.7 Å². The summed E-state index contributed by atoms with van der Waals surface area (Å²) in [5, 5.41) is 9.75.